The summed E-state index contributed by atoms with van der Waals surface area (Å²) >= 11 is 0. The second kappa shape index (κ2) is 6.44. The third-order valence-corrected chi connectivity index (χ3v) is 4.87. The molecule has 0 unspecified atom stereocenters. The second-order valence-corrected chi connectivity index (χ2v) is 6.72. The Morgan fingerprint density at radius 2 is 2.24 bits per heavy atom. The number of nitrogens with one attached hydrogen (secondary N) is 1. The van der Waals surface area contributed by atoms with Crippen LogP contribution in [-0.2, 0) is 11.2 Å². The Kier molecular flexibility index (Phi) is 4.13. The van der Waals surface area contributed by atoms with Crippen LogP contribution in [0.2, 0.25) is 0 Å². The highest BCUT2D eigenvalue weighted by atomic mass is 16.5. The van der Waals surface area contributed by atoms with E-state index in [1.165, 1.54) is 0 Å². The van der Waals surface area contributed by atoms with Gasteiger partial charge in [-0.1, -0.05) is 12.1 Å². The maximum atomic E-state index is 13.1. The molecular weight excluding hydrogens is 316 g/mol. The number of aromatic amines is 1. The van der Waals surface area contributed by atoms with Crippen molar-refractivity contribution in [2.24, 2.45) is 0 Å². The van der Waals surface area contributed by atoms with Gasteiger partial charge in [0.2, 0.25) is 0 Å². The molecule has 1 amide bonds. The van der Waals surface area contributed by atoms with Crippen molar-refractivity contribution in [3.05, 3.63) is 53.1 Å². The molecule has 0 saturated heterocycles. The number of amides is 1. The van der Waals surface area contributed by atoms with E-state index in [1.807, 2.05) is 36.9 Å². The first-order chi connectivity index (χ1) is 12.1. The highest BCUT2D eigenvalue weighted by molar-refractivity contribution is 5.95. The van der Waals surface area contributed by atoms with Crippen LogP contribution in [0.5, 0.6) is 0 Å². The third-order valence-electron chi connectivity index (χ3n) is 4.87. The molecule has 4 heterocycles. The highest BCUT2D eigenvalue weighted by Crippen LogP contribution is 2.31. The summed E-state index contributed by atoms with van der Waals surface area (Å²) in [7, 11) is 0. The molecule has 0 spiro atoms. The van der Waals surface area contributed by atoms with Gasteiger partial charge < -0.3 is 9.64 Å². The van der Waals surface area contributed by atoms with Gasteiger partial charge >= 0.3 is 0 Å². The minimum absolute atomic E-state index is 0.0136. The standard InChI is InChI=1S/C19H22N4O2/c1-12-10-15-17(13(2)25-12)21-22-18(15)19(24)23-9-5-6-14(11-23)16-7-3-4-8-20-16/h3-4,6-8,12-13H,5,9-11H2,1-2H3,(H,21,22)/t12-,13+/m1/s1. The Labute approximate surface area is 146 Å². The number of carbonyl (C=O) groups is 1. The third kappa shape index (κ3) is 2.98. The van der Waals surface area contributed by atoms with Crippen LogP contribution in [0.25, 0.3) is 5.57 Å². The number of ether oxygens (including phenoxy) is 1. The molecule has 4 rings (SSSR count). The molecule has 2 aromatic heterocycles. The molecule has 0 aliphatic carbocycles. The van der Waals surface area contributed by atoms with Gasteiger partial charge in [0.1, 0.15) is 0 Å². The van der Waals surface area contributed by atoms with E-state index < -0.39 is 0 Å². The van der Waals surface area contributed by atoms with Crippen molar-refractivity contribution < 1.29 is 9.53 Å². The van der Waals surface area contributed by atoms with E-state index in [4.69, 9.17) is 4.74 Å². The van der Waals surface area contributed by atoms with Crippen molar-refractivity contribution in [3.63, 3.8) is 0 Å². The minimum Gasteiger partial charge on any atom is -0.369 e. The fourth-order valence-corrected chi connectivity index (χ4v) is 3.66. The van der Waals surface area contributed by atoms with Crippen molar-refractivity contribution in [1.82, 2.24) is 20.1 Å². The van der Waals surface area contributed by atoms with Crippen LogP contribution in [0, 0.1) is 0 Å². The van der Waals surface area contributed by atoms with Crippen LogP contribution >= 0.6 is 0 Å². The number of rotatable bonds is 2. The van der Waals surface area contributed by atoms with Crippen molar-refractivity contribution in [3.8, 4) is 0 Å². The van der Waals surface area contributed by atoms with Gasteiger partial charge in [0, 0.05) is 31.3 Å². The fourth-order valence-electron chi connectivity index (χ4n) is 3.66. The quantitative estimate of drug-likeness (QED) is 0.914. The van der Waals surface area contributed by atoms with Crippen LogP contribution in [-0.4, -0.2) is 45.2 Å². The largest absolute Gasteiger partial charge is 0.369 e. The molecule has 2 atom stereocenters. The molecule has 0 radical (unpaired) electrons. The predicted molar refractivity (Wildman–Crippen MR) is 94.0 cm³/mol. The van der Waals surface area contributed by atoms with Gasteiger partial charge in [-0.25, -0.2) is 0 Å². The van der Waals surface area contributed by atoms with Crippen LogP contribution in [0.1, 0.15) is 53.8 Å². The van der Waals surface area contributed by atoms with Gasteiger partial charge in [0.25, 0.3) is 5.91 Å². The molecule has 6 heteroatoms. The summed E-state index contributed by atoms with van der Waals surface area (Å²) < 4.78 is 5.81. The molecule has 2 aromatic rings. The lowest BCUT2D eigenvalue weighted by Crippen LogP contribution is -2.36. The number of fused-ring (bicyclic) bond motifs is 1. The highest BCUT2D eigenvalue weighted by Gasteiger charge is 2.32. The Balaban J connectivity index is 1.57. The molecule has 6 nitrogen and oxygen atoms in total. The van der Waals surface area contributed by atoms with Gasteiger partial charge in [-0.15, -0.1) is 0 Å². The summed E-state index contributed by atoms with van der Waals surface area (Å²) in [6, 6.07) is 5.85. The van der Waals surface area contributed by atoms with Crippen molar-refractivity contribution in [1.29, 1.82) is 0 Å². The zero-order valence-electron chi connectivity index (χ0n) is 14.5. The zero-order valence-corrected chi connectivity index (χ0v) is 14.5. The van der Waals surface area contributed by atoms with Crippen molar-refractivity contribution in [2.45, 2.75) is 38.9 Å². The van der Waals surface area contributed by atoms with E-state index in [2.05, 4.69) is 21.3 Å². The molecule has 0 aromatic carbocycles. The van der Waals surface area contributed by atoms with E-state index >= 15 is 0 Å². The number of aromatic nitrogens is 3. The second-order valence-electron chi connectivity index (χ2n) is 6.72. The van der Waals surface area contributed by atoms with E-state index in [0.29, 0.717) is 25.2 Å². The summed E-state index contributed by atoms with van der Waals surface area (Å²) in [6.07, 6.45) is 5.54. The summed E-state index contributed by atoms with van der Waals surface area (Å²) in [5.74, 6) is -0.0136. The van der Waals surface area contributed by atoms with Gasteiger partial charge in [-0.2, -0.15) is 5.10 Å². The predicted octanol–water partition coefficient (Wildman–Crippen LogP) is 2.76. The normalized spacial score (nSPS) is 23.1. The average Bonchev–Trinajstić information content (AvgIpc) is 3.06. The first kappa shape index (κ1) is 16.0. The Bertz CT molecular complexity index is 812. The Hall–Kier alpha value is -2.47. The van der Waals surface area contributed by atoms with Gasteiger partial charge in [0.05, 0.1) is 23.6 Å². The van der Waals surface area contributed by atoms with Gasteiger partial charge in [-0.05, 0) is 38.0 Å². The van der Waals surface area contributed by atoms with Crippen LogP contribution in [0.3, 0.4) is 0 Å². The number of carbonyl (C=O) groups excluding carboxylic acids is 1. The maximum absolute atomic E-state index is 13.1. The molecule has 25 heavy (non-hydrogen) atoms. The fraction of sp³-hybridized carbons (Fsp3) is 0.421. The smallest absolute Gasteiger partial charge is 0.274 e. The number of pyridine rings is 1. The molecule has 2 aliphatic heterocycles. The van der Waals surface area contributed by atoms with E-state index in [0.717, 1.165) is 28.9 Å². The van der Waals surface area contributed by atoms with E-state index in [-0.39, 0.29) is 18.1 Å². The molecule has 130 valence electrons. The first-order valence-electron chi connectivity index (χ1n) is 8.75. The van der Waals surface area contributed by atoms with Crippen LogP contribution in [0.4, 0.5) is 0 Å². The number of hydrogen-bond donors (Lipinski definition) is 1. The summed E-state index contributed by atoms with van der Waals surface area (Å²) in [6.45, 7) is 5.30. The topological polar surface area (TPSA) is 71.1 Å². The number of H-pyrrole nitrogens is 1. The van der Waals surface area contributed by atoms with Gasteiger partial charge in [0.15, 0.2) is 5.69 Å². The zero-order chi connectivity index (χ0) is 17.4. The lowest BCUT2D eigenvalue weighted by molar-refractivity contribution is -0.00701. The molecule has 1 N–H and O–H groups in total. The number of nitrogens with zero attached hydrogens (tertiary/aromatic N) is 3. The molecule has 2 aliphatic rings. The van der Waals surface area contributed by atoms with Crippen LogP contribution in [0.15, 0.2) is 30.5 Å². The lowest BCUT2D eigenvalue weighted by atomic mass is 9.98. The lowest BCUT2D eigenvalue weighted by Gasteiger charge is -2.28. The first-order valence-corrected chi connectivity index (χ1v) is 8.75. The van der Waals surface area contributed by atoms with E-state index in [1.54, 1.807) is 6.20 Å². The Morgan fingerprint density at radius 1 is 1.36 bits per heavy atom. The molecule has 0 fully saturated rings. The van der Waals surface area contributed by atoms with Gasteiger partial charge in [-0.3, -0.25) is 14.9 Å². The summed E-state index contributed by atoms with van der Waals surface area (Å²) in [5, 5.41) is 7.33. The Morgan fingerprint density at radius 3 is 3.04 bits per heavy atom. The monoisotopic (exact) mass is 338 g/mol. The van der Waals surface area contributed by atoms with Crippen molar-refractivity contribution >= 4 is 11.5 Å². The van der Waals surface area contributed by atoms with Crippen molar-refractivity contribution in [2.75, 3.05) is 13.1 Å². The maximum Gasteiger partial charge on any atom is 0.274 e. The molecule has 0 saturated carbocycles. The average molecular weight is 338 g/mol. The summed E-state index contributed by atoms with van der Waals surface area (Å²) in [4.78, 5) is 19.3. The minimum atomic E-state index is -0.0573. The SMILES string of the molecule is C[C@@H]1Cc2c(C(=O)N3CCC=C(c4ccccn4)C3)n[nH]c2[C@H](C)O1. The van der Waals surface area contributed by atoms with E-state index in [9.17, 15) is 4.79 Å². The molecular formula is C19H22N4O2. The molecule has 0 bridgehead atoms. The number of hydrogen-bond acceptors (Lipinski definition) is 4. The van der Waals surface area contributed by atoms with Crippen LogP contribution < -0.4 is 0 Å². The summed E-state index contributed by atoms with van der Waals surface area (Å²) in [5.41, 5.74) is 4.50.